The zero-order valence-electron chi connectivity index (χ0n) is 10.2. The van der Waals surface area contributed by atoms with Crippen LogP contribution < -0.4 is 0 Å². The first-order chi connectivity index (χ1) is 7.54. The minimum atomic E-state index is -0.197. The topological polar surface area (TPSA) is 69.9 Å². The number of ether oxygens (including phenoxy) is 1. The molecule has 1 aromatic heterocycles. The van der Waals surface area contributed by atoms with Crippen LogP contribution in [0.25, 0.3) is 0 Å². The third-order valence-corrected chi connectivity index (χ3v) is 2.43. The van der Waals surface area contributed by atoms with Gasteiger partial charge in [0.05, 0.1) is 13.0 Å². The number of methoxy groups -OCH3 is 1. The lowest BCUT2D eigenvalue weighted by Crippen LogP contribution is -2.22. The number of tetrazole rings is 1. The first kappa shape index (κ1) is 12.6. The lowest BCUT2D eigenvalue weighted by Gasteiger charge is -2.15. The molecule has 0 saturated heterocycles. The van der Waals surface area contributed by atoms with E-state index in [1.807, 2.05) is 0 Å². The first-order valence-electron chi connectivity index (χ1n) is 5.33. The Morgan fingerprint density at radius 1 is 1.50 bits per heavy atom. The predicted octanol–water partition coefficient (Wildman–Crippen LogP) is 0.588. The fraction of sp³-hybridized carbons (Fsp3) is 0.800. The van der Waals surface area contributed by atoms with E-state index >= 15 is 0 Å². The van der Waals surface area contributed by atoms with E-state index < -0.39 is 0 Å². The highest BCUT2D eigenvalue weighted by Crippen LogP contribution is 2.17. The number of hydrogen-bond acceptors (Lipinski definition) is 5. The number of rotatable bonds is 5. The Labute approximate surface area is 95.0 Å². The molecule has 0 aliphatic carbocycles. The van der Waals surface area contributed by atoms with E-state index in [2.05, 4.69) is 29.4 Å². The summed E-state index contributed by atoms with van der Waals surface area (Å²) in [5.41, 5.74) is 0. The maximum Gasteiger partial charge on any atom is 0.309 e. The van der Waals surface area contributed by atoms with Crippen LogP contribution >= 0.6 is 0 Å². The summed E-state index contributed by atoms with van der Waals surface area (Å²) in [5, 5.41) is 11.2. The average molecular weight is 226 g/mol. The van der Waals surface area contributed by atoms with Crippen molar-refractivity contribution in [2.24, 2.45) is 18.9 Å². The van der Waals surface area contributed by atoms with Crippen LogP contribution in [0.3, 0.4) is 0 Å². The largest absolute Gasteiger partial charge is 0.469 e. The normalized spacial score (nSPS) is 12.8. The molecular formula is C10H18N4O2. The van der Waals surface area contributed by atoms with Crippen molar-refractivity contribution in [3.8, 4) is 0 Å². The summed E-state index contributed by atoms with van der Waals surface area (Å²) < 4.78 is 6.36. The van der Waals surface area contributed by atoms with Crippen LogP contribution in [0.4, 0.5) is 0 Å². The molecule has 1 unspecified atom stereocenters. The summed E-state index contributed by atoms with van der Waals surface area (Å²) in [4.78, 5) is 11.6. The van der Waals surface area contributed by atoms with Crippen molar-refractivity contribution in [1.82, 2.24) is 20.2 Å². The van der Waals surface area contributed by atoms with E-state index in [1.54, 1.807) is 11.7 Å². The lowest BCUT2D eigenvalue weighted by atomic mass is 9.94. The highest BCUT2D eigenvalue weighted by atomic mass is 16.5. The number of hydrogen-bond donors (Lipinski definition) is 0. The van der Waals surface area contributed by atoms with Gasteiger partial charge in [-0.05, 0) is 22.8 Å². The lowest BCUT2D eigenvalue weighted by molar-refractivity contribution is -0.146. The van der Waals surface area contributed by atoms with Crippen LogP contribution in [0, 0.1) is 11.8 Å². The fourth-order valence-electron chi connectivity index (χ4n) is 1.64. The average Bonchev–Trinajstić information content (AvgIpc) is 2.61. The van der Waals surface area contributed by atoms with E-state index in [-0.39, 0.29) is 11.9 Å². The Kier molecular flexibility index (Phi) is 4.39. The number of aromatic nitrogens is 4. The third kappa shape index (κ3) is 3.29. The van der Waals surface area contributed by atoms with Crippen molar-refractivity contribution in [3.63, 3.8) is 0 Å². The minimum Gasteiger partial charge on any atom is -0.469 e. The van der Waals surface area contributed by atoms with Crippen molar-refractivity contribution in [1.29, 1.82) is 0 Å². The van der Waals surface area contributed by atoms with Gasteiger partial charge in [-0.25, -0.2) is 4.68 Å². The summed E-state index contributed by atoms with van der Waals surface area (Å²) >= 11 is 0. The van der Waals surface area contributed by atoms with Gasteiger partial charge in [0.2, 0.25) is 0 Å². The second-order valence-corrected chi connectivity index (χ2v) is 4.27. The van der Waals surface area contributed by atoms with E-state index in [1.165, 1.54) is 7.11 Å². The summed E-state index contributed by atoms with van der Waals surface area (Å²) in [6.07, 6.45) is 1.30. The predicted molar refractivity (Wildman–Crippen MR) is 57.5 cm³/mol. The Bertz CT molecular complexity index is 348. The molecule has 0 bridgehead atoms. The second-order valence-electron chi connectivity index (χ2n) is 4.27. The summed E-state index contributed by atoms with van der Waals surface area (Å²) in [6, 6.07) is 0. The highest BCUT2D eigenvalue weighted by molar-refractivity contribution is 5.72. The minimum absolute atomic E-state index is 0.172. The zero-order valence-corrected chi connectivity index (χ0v) is 10.2. The monoisotopic (exact) mass is 226 g/mol. The molecule has 1 atom stereocenters. The molecule has 6 nitrogen and oxygen atoms in total. The molecule has 0 saturated carbocycles. The summed E-state index contributed by atoms with van der Waals surface area (Å²) in [7, 11) is 3.17. The molecule has 16 heavy (non-hydrogen) atoms. The molecule has 1 rings (SSSR count). The van der Waals surface area contributed by atoms with Gasteiger partial charge in [-0.15, -0.1) is 5.10 Å². The van der Waals surface area contributed by atoms with Gasteiger partial charge in [-0.3, -0.25) is 4.79 Å². The van der Waals surface area contributed by atoms with Crippen LogP contribution in [0.5, 0.6) is 0 Å². The van der Waals surface area contributed by atoms with E-state index in [4.69, 9.17) is 4.74 Å². The molecule has 0 radical (unpaired) electrons. The molecule has 0 aliphatic heterocycles. The van der Waals surface area contributed by atoms with Crippen LogP contribution in [0.1, 0.15) is 26.1 Å². The van der Waals surface area contributed by atoms with Gasteiger partial charge in [0.25, 0.3) is 0 Å². The molecule has 1 aromatic rings. The van der Waals surface area contributed by atoms with Crippen LogP contribution in [0.2, 0.25) is 0 Å². The number of aryl methyl sites for hydroxylation is 1. The quantitative estimate of drug-likeness (QED) is 0.687. The first-order valence-corrected chi connectivity index (χ1v) is 5.33. The van der Waals surface area contributed by atoms with Crippen LogP contribution in [-0.2, 0) is 23.0 Å². The number of nitrogens with zero attached hydrogens (tertiary/aromatic N) is 4. The van der Waals surface area contributed by atoms with Gasteiger partial charge in [0.15, 0.2) is 5.82 Å². The standard InChI is InChI=1S/C10H18N4O2/c1-7(2)5-8(10(15)16-4)6-9-11-12-13-14(9)3/h7-8H,5-6H2,1-4H3. The third-order valence-electron chi connectivity index (χ3n) is 2.43. The Morgan fingerprint density at radius 2 is 2.19 bits per heavy atom. The molecular weight excluding hydrogens is 208 g/mol. The van der Waals surface area contributed by atoms with Crippen molar-refractivity contribution in [3.05, 3.63) is 5.82 Å². The van der Waals surface area contributed by atoms with Gasteiger partial charge in [0, 0.05) is 13.5 Å². The number of esters is 1. The smallest absolute Gasteiger partial charge is 0.309 e. The Balaban J connectivity index is 2.70. The van der Waals surface area contributed by atoms with Crippen molar-refractivity contribution in [2.75, 3.05) is 7.11 Å². The molecule has 0 amide bonds. The molecule has 90 valence electrons. The summed E-state index contributed by atoms with van der Waals surface area (Å²) in [5.74, 6) is 0.771. The number of carbonyl (C=O) groups excluding carboxylic acids is 1. The van der Waals surface area contributed by atoms with E-state index in [9.17, 15) is 4.79 Å². The fourth-order valence-corrected chi connectivity index (χ4v) is 1.64. The molecule has 0 spiro atoms. The Hall–Kier alpha value is -1.46. The summed E-state index contributed by atoms with van der Waals surface area (Å²) in [6.45, 7) is 4.15. The van der Waals surface area contributed by atoms with Crippen molar-refractivity contribution in [2.45, 2.75) is 26.7 Å². The molecule has 1 heterocycles. The van der Waals surface area contributed by atoms with Crippen LogP contribution in [0.15, 0.2) is 0 Å². The van der Waals surface area contributed by atoms with Gasteiger partial charge >= 0.3 is 5.97 Å². The molecule has 0 aliphatic rings. The van der Waals surface area contributed by atoms with E-state index in [0.29, 0.717) is 18.2 Å². The SMILES string of the molecule is COC(=O)C(Cc1nnnn1C)CC(C)C. The molecule has 0 fully saturated rings. The second kappa shape index (κ2) is 5.58. The van der Waals surface area contributed by atoms with Crippen molar-refractivity contribution >= 4 is 5.97 Å². The highest BCUT2D eigenvalue weighted by Gasteiger charge is 2.23. The Morgan fingerprint density at radius 3 is 2.62 bits per heavy atom. The van der Waals surface area contributed by atoms with Crippen molar-refractivity contribution < 1.29 is 9.53 Å². The maximum absolute atomic E-state index is 11.6. The van der Waals surface area contributed by atoms with Gasteiger partial charge in [-0.2, -0.15) is 0 Å². The van der Waals surface area contributed by atoms with Gasteiger partial charge in [0.1, 0.15) is 0 Å². The molecule has 0 aromatic carbocycles. The van der Waals surface area contributed by atoms with Gasteiger partial charge in [-0.1, -0.05) is 13.8 Å². The van der Waals surface area contributed by atoms with E-state index in [0.717, 1.165) is 6.42 Å². The van der Waals surface area contributed by atoms with Crippen LogP contribution in [-0.4, -0.2) is 33.3 Å². The maximum atomic E-state index is 11.6. The zero-order chi connectivity index (χ0) is 12.1. The molecule has 6 heteroatoms. The molecule has 0 N–H and O–H groups in total. The van der Waals surface area contributed by atoms with Gasteiger partial charge < -0.3 is 4.74 Å². The number of carbonyl (C=O) groups is 1.